The summed E-state index contributed by atoms with van der Waals surface area (Å²) in [5.41, 5.74) is 3.35. The van der Waals surface area contributed by atoms with Crippen LogP contribution in [0.25, 0.3) is 11.5 Å². The average Bonchev–Trinajstić information content (AvgIpc) is 3.06. The number of benzene rings is 1. The van der Waals surface area contributed by atoms with Crippen molar-refractivity contribution in [2.45, 2.75) is 32.3 Å². The lowest BCUT2D eigenvalue weighted by Crippen LogP contribution is -2.02. The van der Waals surface area contributed by atoms with Gasteiger partial charge in [0.05, 0.1) is 22.9 Å². The Bertz CT molecular complexity index is 817. The van der Waals surface area contributed by atoms with E-state index in [1.54, 1.807) is 0 Å². The van der Waals surface area contributed by atoms with E-state index in [2.05, 4.69) is 10.1 Å². The summed E-state index contributed by atoms with van der Waals surface area (Å²) < 4.78 is 23.3. The van der Waals surface area contributed by atoms with Crippen molar-refractivity contribution >= 4 is 10.8 Å². The second-order valence-corrected chi connectivity index (χ2v) is 6.88. The number of oxazole rings is 1. The molecule has 0 aliphatic heterocycles. The predicted octanol–water partition coefficient (Wildman–Crippen LogP) is 3.70. The van der Waals surface area contributed by atoms with E-state index in [1.165, 1.54) is 0 Å². The van der Waals surface area contributed by atoms with Crippen LogP contribution in [0.5, 0.6) is 0 Å². The second-order valence-electron chi connectivity index (χ2n) is 5.42. The number of hydrogen-bond donors (Lipinski definition) is 0. The van der Waals surface area contributed by atoms with E-state index in [4.69, 9.17) is 8.94 Å². The molecule has 0 amide bonds. The van der Waals surface area contributed by atoms with Gasteiger partial charge in [0.15, 0.2) is 0 Å². The highest BCUT2D eigenvalue weighted by Gasteiger charge is 2.17. The standard InChI is InChI=1S/C17H18N2O3S/c1-11-15(12(2)22-19-11)9-23(20)10-16-13(3)21-17(18-16)14-7-5-4-6-8-14/h4-8H,9-10H2,1-3H3. The van der Waals surface area contributed by atoms with Crippen LogP contribution < -0.4 is 0 Å². The smallest absolute Gasteiger partial charge is 0.226 e. The summed E-state index contributed by atoms with van der Waals surface area (Å²) in [5, 5.41) is 3.89. The summed E-state index contributed by atoms with van der Waals surface area (Å²) >= 11 is 0. The number of hydrogen-bond acceptors (Lipinski definition) is 5. The number of rotatable bonds is 5. The third kappa shape index (κ3) is 3.42. The second kappa shape index (κ2) is 6.50. The summed E-state index contributed by atoms with van der Waals surface area (Å²) in [6, 6.07) is 9.69. The molecule has 0 fully saturated rings. The summed E-state index contributed by atoms with van der Waals surface area (Å²) in [7, 11) is -1.10. The zero-order chi connectivity index (χ0) is 16.4. The van der Waals surface area contributed by atoms with E-state index in [-0.39, 0.29) is 0 Å². The summed E-state index contributed by atoms with van der Waals surface area (Å²) in [6.07, 6.45) is 0. The van der Waals surface area contributed by atoms with Crippen LogP contribution in [-0.4, -0.2) is 14.3 Å². The van der Waals surface area contributed by atoms with Crippen molar-refractivity contribution in [1.82, 2.24) is 10.1 Å². The zero-order valence-electron chi connectivity index (χ0n) is 13.3. The lowest BCUT2D eigenvalue weighted by molar-refractivity contribution is 0.392. The van der Waals surface area contributed by atoms with E-state index in [0.717, 1.165) is 28.3 Å². The molecular formula is C17H18N2O3S. The molecule has 5 nitrogen and oxygen atoms in total. The molecule has 0 saturated heterocycles. The first-order chi connectivity index (χ1) is 11.0. The van der Waals surface area contributed by atoms with Gasteiger partial charge in [0, 0.05) is 21.9 Å². The van der Waals surface area contributed by atoms with Crippen molar-refractivity contribution in [2.75, 3.05) is 0 Å². The molecule has 2 aromatic heterocycles. The van der Waals surface area contributed by atoms with Gasteiger partial charge in [0.1, 0.15) is 11.5 Å². The van der Waals surface area contributed by atoms with Gasteiger partial charge in [-0.1, -0.05) is 23.4 Å². The van der Waals surface area contributed by atoms with Crippen LogP contribution in [0.4, 0.5) is 0 Å². The normalized spacial score (nSPS) is 12.5. The minimum absolute atomic E-state index is 0.353. The van der Waals surface area contributed by atoms with Crippen LogP contribution in [0, 0.1) is 20.8 Å². The highest BCUT2D eigenvalue weighted by molar-refractivity contribution is 7.83. The van der Waals surface area contributed by atoms with Gasteiger partial charge in [-0.3, -0.25) is 4.21 Å². The maximum absolute atomic E-state index is 12.4. The van der Waals surface area contributed by atoms with Gasteiger partial charge in [-0.2, -0.15) is 0 Å². The fourth-order valence-electron chi connectivity index (χ4n) is 2.34. The molecule has 3 aromatic rings. The van der Waals surface area contributed by atoms with Crippen molar-refractivity contribution in [3.63, 3.8) is 0 Å². The van der Waals surface area contributed by atoms with Crippen molar-refractivity contribution in [2.24, 2.45) is 0 Å². The third-order valence-corrected chi connectivity index (χ3v) is 4.90. The Hall–Kier alpha value is -2.21. The summed E-state index contributed by atoms with van der Waals surface area (Å²) in [4.78, 5) is 4.50. The first kappa shape index (κ1) is 15.7. The van der Waals surface area contributed by atoms with Crippen LogP contribution in [0.15, 0.2) is 39.3 Å². The fourth-order valence-corrected chi connectivity index (χ4v) is 3.75. The number of aryl methyl sites for hydroxylation is 3. The molecular weight excluding hydrogens is 312 g/mol. The first-order valence-corrected chi connectivity index (χ1v) is 8.82. The Morgan fingerprint density at radius 2 is 1.78 bits per heavy atom. The van der Waals surface area contributed by atoms with Gasteiger partial charge in [-0.15, -0.1) is 0 Å². The van der Waals surface area contributed by atoms with Crippen LogP contribution >= 0.6 is 0 Å². The van der Waals surface area contributed by atoms with Crippen LogP contribution in [0.2, 0.25) is 0 Å². The molecule has 23 heavy (non-hydrogen) atoms. The van der Waals surface area contributed by atoms with Crippen LogP contribution in [-0.2, 0) is 22.3 Å². The van der Waals surface area contributed by atoms with Crippen molar-refractivity contribution in [3.8, 4) is 11.5 Å². The maximum Gasteiger partial charge on any atom is 0.226 e. The topological polar surface area (TPSA) is 69.1 Å². The van der Waals surface area contributed by atoms with E-state index < -0.39 is 10.8 Å². The highest BCUT2D eigenvalue weighted by Crippen LogP contribution is 2.23. The lowest BCUT2D eigenvalue weighted by atomic mass is 10.2. The fraction of sp³-hybridized carbons (Fsp3) is 0.294. The highest BCUT2D eigenvalue weighted by atomic mass is 32.2. The minimum Gasteiger partial charge on any atom is -0.441 e. The Kier molecular flexibility index (Phi) is 4.43. The van der Waals surface area contributed by atoms with E-state index in [1.807, 2.05) is 51.1 Å². The molecule has 1 aromatic carbocycles. The van der Waals surface area contributed by atoms with Gasteiger partial charge in [0.2, 0.25) is 5.89 Å². The number of aromatic nitrogens is 2. The van der Waals surface area contributed by atoms with Gasteiger partial charge in [-0.05, 0) is 32.9 Å². The average molecular weight is 330 g/mol. The molecule has 1 unspecified atom stereocenters. The lowest BCUT2D eigenvalue weighted by Gasteiger charge is -2.00. The van der Waals surface area contributed by atoms with Gasteiger partial charge in [-0.25, -0.2) is 4.98 Å². The Labute approximate surface area is 137 Å². The van der Waals surface area contributed by atoms with Gasteiger partial charge >= 0.3 is 0 Å². The van der Waals surface area contributed by atoms with E-state index in [0.29, 0.717) is 23.2 Å². The monoisotopic (exact) mass is 330 g/mol. The van der Waals surface area contributed by atoms with Crippen LogP contribution in [0.1, 0.15) is 28.5 Å². The largest absolute Gasteiger partial charge is 0.441 e. The molecule has 0 radical (unpaired) electrons. The van der Waals surface area contributed by atoms with Crippen LogP contribution in [0.3, 0.4) is 0 Å². The SMILES string of the molecule is Cc1noc(C)c1CS(=O)Cc1nc(-c2ccccc2)oc1C. The first-order valence-electron chi connectivity index (χ1n) is 7.33. The van der Waals surface area contributed by atoms with Gasteiger partial charge < -0.3 is 8.94 Å². The predicted molar refractivity (Wildman–Crippen MR) is 88.2 cm³/mol. The molecule has 0 aliphatic rings. The van der Waals surface area contributed by atoms with E-state index in [9.17, 15) is 4.21 Å². The summed E-state index contributed by atoms with van der Waals surface area (Å²) in [6.45, 7) is 5.54. The van der Waals surface area contributed by atoms with Crippen molar-refractivity contribution in [3.05, 3.63) is 58.8 Å². The molecule has 0 aliphatic carbocycles. The minimum atomic E-state index is -1.10. The van der Waals surface area contributed by atoms with Crippen molar-refractivity contribution in [1.29, 1.82) is 0 Å². The molecule has 0 bridgehead atoms. The Morgan fingerprint density at radius 1 is 1.04 bits per heavy atom. The molecule has 6 heteroatoms. The van der Waals surface area contributed by atoms with Gasteiger partial charge in [0.25, 0.3) is 0 Å². The number of nitrogens with zero attached hydrogens (tertiary/aromatic N) is 2. The molecule has 2 heterocycles. The summed E-state index contributed by atoms with van der Waals surface area (Å²) in [5.74, 6) is 2.75. The molecule has 0 saturated carbocycles. The quantitative estimate of drug-likeness (QED) is 0.713. The van der Waals surface area contributed by atoms with Crippen molar-refractivity contribution < 1.29 is 13.1 Å². The molecule has 1 atom stereocenters. The third-order valence-electron chi connectivity index (χ3n) is 3.70. The molecule has 3 rings (SSSR count). The maximum atomic E-state index is 12.4. The molecule has 0 spiro atoms. The Morgan fingerprint density at radius 3 is 2.43 bits per heavy atom. The molecule has 120 valence electrons. The van der Waals surface area contributed by atoms with E-state index >= 15 is 0 Å². The Balaban J connectivity index is 1.76. The zero-order valence-corrected chi connectivity index (χ0v) is 14.1. The molecule has 0 N–H and O–H groups in total.